The van der Waals surface area contributed by atoms with Gasteiger partial charge in [-0.3, -0.25) is 9.59 Å². The highest BCUT2D eigenvalue weighted by atomic mass is 32.2. The number of benzene rings is 1. The van der Waals surface area contributed by atoms with Gasteiger partial charge in [-0.05, 0) is 37.0 Å². The average molecular weight is 336 g/mol. The molecular weight excluding hydrogens is 316 g/mol. The number of nitrogens with zero attached hydrogens (tertiary/aromatic N) is 1. The van der Waals surface area contributed by atoms with E-state index in [4.69, 9.17) is 0 Å². The minimum atomic E-state index is -2.93. The molecule has 0 saturated carbocycles. The molecule has 2 aliphatic rings. The van der Waals surface area contributed by atoms with E-state index in [0.29, 0.717) is 31.5 Å². The molecule has 0 aromatic heterocycles. The van der Waals surface area contributed by atoms with E-state index in [9.17, 15) is 18.0 Å². The van der Waals surface area contributed by atoms with E-state index < -0.39 is 9.84 Å². The normalized spacial score (nSPS) is 23.2. The first-order chi connectivity index (χ1) is 10.9. The SMILES string of the molecule is O=C(NCC1CCS(=O)(=O)C1)c1cccc(N2CCCC2=O)c1. The molecule has 1 N–H and O–H groups in total. The maximum Gasteiger partial charge on any atom is 0.251 e. The second-order valence-electron chi connectivity index (χ2n) is 6.18. The van der Waals surface area contributed by atoms with Gasteiger partial charge in [-0.1, -0.05) is 6.07 Å². The number of rotatable bonds is 4. The van der Waals surface area contributed by atoms with Crippen LogP contribution in [0.3, 0.4) is 0 Å². The zero-order chi connectivity index (χ0) is 16.4. The van der Waals surface area contributed by atoms with Crippen LogP contribution < -0.4 is 10.2 Å². The standard InChI is InChI=1S/C16H20N2O4S/c19-15-5-2-7-18(15)14-4-1-3-13(9-14)16(20)17-10-12-6-8-23(21,22)11-12/h1,3-4,9,12H,2,5-8,10-11H2,(H,17,20). The number of sulfone groups is 1. The number of carbonyl (C=O) groups excluding carboxylic acids is 2. The van der Waals surface area contributed by atoms with Gasteiger partial charge in [0, 0.05) is 30.8 Å². The van der Waals surface area contributed by atoms with E-state index in [1.165, 1.54) is 0 Å². The maximum absolute atomic E-state index is 12.2. The predicted molar refractivity (Wildman–Crippen MR) is 87.1 cm³/mol. The molecular formula is C16H20N2O4S. The van der Waals surface area contributed by atoms with E-state index in [0.717, 1.165) is 12.1 Å². The Morgan fingerprint density at radius 2 is 2.17 bits per heavy atom. The molecule has 1 aromatic rings. The first-order valence-electron chi connectivity index (χ1n) is 7.84. The Kier molecular flexibility index (Phi) is 4.39. The third-order valence-corrected chi connectivity index (χ3v) is 6.21. The summed E-state index contributed by atoms with van der Waals surface area (Å²) in [5, 5.41) is 2.80. The van der Waals surface area contributed by atoms with Crippen LogP contribution in [-0.2, 0) is 14.6 Å². The minimum absolute atomic E-state index is 0.00714. The number of hydrogen-bond acceptors (Lipinski definition) is 4. The van der Waals surface area contributed by atoms with Crippen LogP contribution in [0.4, 0.5) is 5.69 Å². The smallest absolute Gasteiger partial charge is 0.251 e. The summed E-state index contributed by atoms with van der Waals surface area (Å²) >= 11 is 0. The van der Waals surface area contributed by atoms with Crippen LogP contribution in [0, 0.1) is 5.92 Å². The van der Waals surface area contributed by atoms with Crippen molar-refractivity contribution in [2.75, 3.05) is 29.5 Å². The molecule has 3 rings (SSSR count). The fourth-order valence-corrected chi connectivity index (χ4v) is 4.97. The molecule has 6 nitrogen and oxygen atoms in total. The number of nitrogens with one attached hydrogen (secondary N) is 1. The van der Waals surface area contributed by atoms with Gasteiger partial charge in [0.25, 0.3) is 5.91 Å². The second kappa shape index (κ2) is 6.31. The Bertz CT molecular complexity index is 729. The van der Waals surface area contributed by atoms with Gasteiger partial charge in [0.05, 0.1) is 11.5 Å². The highest BCUT2D eigenvalue weighted by Gasteiger charge is 2.28. The molecule has 2 saturated heterocycles. The molecule has 23 heavy (non-hydrogen) atoms. The highest BCUT2D eigenvalue weighted by molar-refractivity contribution is 7.91. The van der Waals surface area contributed by atoms with Crippen molar-refractivity contribution in [2.24, 2.45) is 5.92 Å². The summed E-state index contributed by atoms with van der Waals surface area (Å²) in [6.07, 6.45) is 1.99. The molecule has 1 atom stereocenters. The van der Waals surface area contributed by atoms with Gasteiger partial charge < -0.3 is 10.2 Å². The topological polar surface area (TPSA) is 83.6 Å². The van der Waals surface area contributed by atoms with E-state index >= 15 is 0 Å². The number of anilines is 1. The molecule has 124 valence electrons. The first kappa shape index (κ1) is 16.0. The van der Waals surface area contributed by atoms with Gasteiger partial charge in [-0.25, -0.2) is 8.42 Å². The van der Waals surface area contributed by atoms with Crippen LogP contribution in [-0.4, -0.2) is 44.8 Å². The van der Waals surface area contributed by atoms with Gasteiger partial charge in [0.2, 0.25) is 5.91 Å². The summed E-state index contributed by atoms with van der Waals surface area (Å²) in [6.45, 7) is 1.05. The molecule has 7 heteroatoms. The van der Waals surface area contributed by atoms with Crippen molar-refractivity contribution in [2.45, 2.75) is 19.3 Å². The lowest BCUT2D eigenvalue weighted by molar-refractivity contribution is -0.117. The molecule has 2 fully saturated rings. The van der Waals surface area contributed by atoms with Gasteiger partial charge in [0.15, 0.2) is 9.84 Å². The fourth-order valence-electron chi connectivity index (χ4n) is 3.11. The van der Waals surface area contributed by atoms with Crippen molar-refractivity contribution in [3.63, 3.8) is 0 Å². The van der Waals surface area contributed by atoms with Crippen molar-refractivity contribution in [3.8, 4) is 0 Å². The monoisotopic (exact) mass is 336 g/mol. The largest absolute Gasteiger partial charge is 0.352 e. The van der Waals surface area contributed by atoms with E-state index in [2.05, 4.69) is 5.32 Å². The van der Waals surface area contributed by atoms with E-state index in [1.54, 1.807) is 23.1 Å². The van der Waals surface area contributed by atoms with Crippen molar-refractivity contribution >= 4 is 27.3 Å². The summed E-state index contributed by atoms with van der Waals surface area (Å²) < 4.78 is 22.9. The van der Waals surface area contributed by atoms with Crippen LogP contribution in [0.5, 0.6) is 0 Å². The Labute approximate surface area is 135 Å². The summed E-state index contributed by atoms with van der Waals surface area (Å²) in [5.74, 6) is 0.198. The molecule has 2 aliphatic heterocycles. The van der Waals surface area contributed by atoms with E-state index in [1.807, 2.05) is 6.07 Å². The number of amides is 2. The minimum Gasteiger partial charge on any atom is -0.352 e. The Morgan fingerprint density at radius 1 is 1.35 bits per heavy atom. The molecule has 0 aliphatic carbocycles. The molecule has 2 heterocycles. The Morgan fingerprint density at radius 3 is 2.83 bits per heavy atom. The molecule has 0 bridgehead atoms. The molecule has 2 amide bonds. The van der Waals surface area contributed by atoms with Crippen molar-refractivity contribution in [1.29, 1.82) is 0 Å². The van der Waals surface area contributed by atoms with Gasteiger partial charge in [0.1, 0.15) is 0 Å². The molecule has 0 spiro atoms. The number of hydrogen-bond donors (Lipinski definition) is 1. The van der Waals surface area contributed by atoms with Crippen LogP contribution in [0.25, 0.3) is 0 Å². The lowest BCUT2D eigenvalue weighted by atomic mass is 10.1. The first-order valence-corrected chi connectivity index (χ1v) is 9.66. The van der Waals surface area contributed by atoms with Crippen molar-refractivity contribution in [3.05, 3.63) is 29.8 Å². The van der Waals surface area contributed by atoms with Crippen LogP contribution in [0.2, 0.25) is 0 Å². The second-order valence-corrected chi connectivity index (χ2v) is 8.41. The Hall–Kier alpha value is -1.89. The summed E-state index contributed by atoms with van der Waals surface area (Å²) in [4.78, 5) is 25.7. The maximum atomic E-state index is 12.2. The lowest BCUT2D eigenvalue weighted by Gasteiger charge is -2.16. The summed E-state index contributed by atoms with van der Waals surface area (Å²) in [7, 11) is -2.93. The van der Waals surface area contributed by atoms with E-state index in [-0.39, 0.29) is 29.2 Å². The third kappa shape index (κ3) is 3.72. The van der Waals surface area contributed by atoms with Gasteiger partial charge in [-0.15, -0.1) is 0 Å². The average Bonchev–Trinajstić information content (AvgIpc) is 3.10. The van der Waals surface area contributed by atoms with Crippen LogP contribution in [0.1, 0.15) is 29.6 Å². The van der Waals surface area contributed by atoms with Gasteiger partial charge in [-0.2, -0.15) is 0 Å². The summed E-state index contributed by atoms with van der Waals surface area (Å²) in [6, 6.07) is 6.99. The van der Waals surface area contributed by atoms with Crippen LogP contribution >= 0.6 is 0 Å². The molecule has 1 unspecified atom stereocenters. The van der Waals surface area contributed by atoms with Crippen molar-refractivity contribution in [1.82, 2.24) is 5.32 Å². The third-order valence-electron chi connectivity index (χ3n) is 4.37. The zero-order valence-electron chi connectivity index (χ0n) is 12.8. The number of carbonyl (C=O) groups is 2. The highest BCUT2D eigenvalue weighted by Crippen LogP contribution is 2.22. The lowest BCUT2D eigenvalue weighted by Crippen LogP contribution is -2.30. The summed E-state index contributed by atoms with van der Waals surface area (Å²) in [5.41, 5.74) is 1.23. The quantitative estimate of drug-likeness (QED) is 0.888. The fraction of sp³-hybridized carbons (Fsp3) is 0.500. The molecule has 1 aromatic carbocycles. The van der Waals surface area contributed by atoms with Gasteiger partial charge >= 0.3 is 0 Å². The predicted octanol–water partition coefficient (Wildman–Crippen LogP) is 0.978. The Balaban J connectivity index is 1.62. The zero-order valence-corrected chi connectivity index (χ0v) is 13.6. The van der Waals surface area contributed by atoms with Crippen LogP contribution in [0.15, 0.2) is 24.3 Å². The molecule has 0 radical (unpaired) electrons. The van der Waals surface area contributed by atoms with Crippen molar-refractivity contribution < 1.29 is 18.0 Å².